The van der Waals surface area contributed by atoms with Crippen LogP contribution in [0.5, 0.6) is 0 Å². The van der Waals surface area contributed by atoms with E-state index < -0.39 is 0 Å². The monoisotopic (exact) mass is 234 g/mol. The van der Waals surface area contributed by atoms with Crippen molar-refractivity contribution in [3.8, 4) is 0 Å². The van der Waals surface area contributed by atoms with Gasteiger partial charge < -0.3 is 4.57 Å². The Morgan fingerprint density at radius 2 is 2.36 bits per heavy atom. The Hall–Kier alpha value is 0.0400. The van der Waals surface area contributed by atoms with Gasteiger partial charge in [-0.1, -0.05) is 0 Å². The summed E-state index contributed by atoms with van der Waals surface area (Å²) in [6, 6.07) is 0.450. The van der Waals surface area contributed by atoms with Gasteiger partial charge in [0, 0.05) is 18.0 Å². The Balaban J connectivity index is 2.97. The third-order valence-electron chi connectivity index (χ3n) is 1.46. The zero-order chi connectivity index (χ0) is 8.43. The minimum atomic E-state index is 0.450. The predicted octanol–water partition coefficient (Wildman–Crippen LogP) is 2.66. The molecule has 62 valence electrons. The largest absolute Gasteiger partial charge is 0.323 e. The van der Waals surface area contributed by atoms with Gasteiger partial charge in [-0.3, -0.25) is 0 Å². The second-order valence-corrected chi connectivity index (χ2v) is 3.69. The first-order chi connectivity index (χ1) is 5.15. The number of rotatable bonds is 2. The van der Waals surface area contributed by atoms with Crippen molar-refractivity contribution in [1.29, 1.82) is 0 Å². The highest BCUT2D eigenvalue weighted by Crippen LogP contribution is 2.16. The van der Waals surface area contributed by atoms with Crippen LogP contribution >= 0.6 is 28.6 Å². The molecular weight excluding hydrogens is 224 g/mol. The summed E-state index contributed by atoms with van der Waals surface area (Å²) in [5.74, 6) is 0.693. The van der Waals surface area contributed by atoms with Gasteiger partial charge in [0.25, 0.3) is 0 Å². The maximum atomic E-state index is 4.25. The van der Waals surface area contributed by atoms with Crippen LogP contribution in [-0.4, -0.2) is 9.55 Å². The van der Waals surface area contributed by atoms with Crippen molar-refractivity contribution in [2.75, 3.05) is 0 Å². The van der Waals surface area contributed by atoms with Gasteiger partial charge in [-0.05, 0) is 29.8 Å². The maximum absolute atomic E-state index is 4.25. The molecule has 1 aromatic rings. The molecule has 0 saturated heterocycles. The molecule has 0 saturated carbocycles. The number of thiol groups is 1. The van der Waals surface area contributed by atoms with Gasteiger partial charge in [0.05, 0.1) is 5.69 Å². The van der Waals surface area contributed by atoms with Crippen LogP contribution in [0.4, 0.5) is 0 Å². The Morgan fingerprint density at radius 3 is 2.64 bits per heavy atom. The summed E-state index contributed by atoms with van der Waals surface area (Å²) in [4.78, 5) is 4.25. The average molecular weight is 235 g/mol. The summed E-state index contributed by atoms with van der Waals surface area (Å²) in [5, 5.41) is 0. The van der Waals surface area contributed by atoms with Gasteiger partial charge in [0.15, 0.2) is 4.73 Å². The van der Waals surface area contributed by atoms with E-state index in [2.05, 4.69) is 52.0 Å². The standard InChI is InChI=1S/C7H11BrN2S/c1-5(2)10-3-6(4-11)9-7(10)8/h3,5,11H,4H2,1-2H3. The van der Waals surface area contributed by atoms with E-state index in [9.17, 15) is 0 Å². The highest BCUT2D eigenvalue weighted by Gasteiger charge is 2.05. The highest BCUT2D eigenvalue weighted by atomic mass is 79.9. The van der Waals surface area contributed by atoms with Crippen LogP contribution < -0.4 is 0 Å². The fraction of sp³-hybridized carbons (Fsp3) is 0.571. The summed E-state index contributed by atoms with van der Waals surface area (Å²) in [5.41, 5.74) is 1.01. The van der Waals surface area contributed by atoms with Crippen molar-refractivity contribution in [1.82, 2.24) is 9.55 Å². The number of nitrogens with zero attached hydrogens (tertiary/aromatic N) is 2. The van der Waals surface area contributed by atoms with Crippen LogP contribution in [-0.2, 0) is 5.75 Å². The zero-order valence-corrected chi connectivity index (χ0v) is 9.06. The molecule has 0 aliphatic carbocycles. The lowest BCUT2D eigenvalue weighted by Crippen LogP contribution is -1.98. The van der Waals surface area contributed by atoms with Crippen LogP contribution in [0.3, 0.4) is 0 Å². The minimum absolute atomic E-state index is 0.450. The van der Waals surface area contributed by atoms with Crippen molar-refractivity contribution in [2.24, 2.45) is 0 Å². The van der Waals surface area contributed by atoms with Crippen molar-refractivity contribution in [3.63, 3.8) is 0 Å². The third kappa shape index (κ3) is 1.99. The third-order valence-corrected chi connectivity index (χ3v) is 2.37. The van der Waals surface area contributed by atoms with E-state index in [1.807, 2.05) is 6.20 Å². The molecule has 0 fully saturated rings. The lowest BCUT2D eigenvalue weighted by molar-refractivity contribution is 0.586. The van der Waals surface area contributed by atoms with Crippen LogP contribution in [0, 0.1) is 0 Å². The molecule has 2 nitrogen and oxygen atoms in total. The van der Waals surface area contributed by atoms with Crippen LogP contribution in [0.2, 0.25) is 0 Å². The first kappa shape index (κ1) is 9.13. The van der Waals surface area contributed by atoms with E-state index in [0.717, 1.165) is 10.4 Å². The molecule has 0 bridgehead atoms. The molecule has 0 unspecified atom stereocenters. The van der Waals surface area contributed by atoms with Gasteiger partial charge in [-0.25, -0.2) is 4.98 Å². The van der Waals surface area contributed by atoms with Gasteiger partial charge in [-0.2, -0.15) is 12.6 Å². The first-order valence-corrected chi connectivity index (χ1v) is 4.91. The molecule has 0 radical (unpaired) electrons. The van der Waals surface area contributed by atoms with E-state index in [1.165, 1.54) is 0 Å². The molecule has 0 aliphatic heterocycles. The van der Waals surface area contributed by atoms with E-state index in [1.54, 1.807) is 0 Å². The molecule has 11 heavy (non-hydrogen) atoms. The lowest BCUT2D eigenvalue weighted by Gasteiger charge is -2.06. The van der Waals surface area contributed by atoms with E-state index >= 15 is 0 Å². The van der Waals surface area contributed by atoms with Gasteiger partial charge in [0.2, 0.25) is 0 Å². The fourth-order valence-corrected chi connectivity index (χ4v) is 1.75. The van der Waals surface area contributed by atoms with Crippen molar-refractivity contribution in [3.05, 3.63) is 16.6 Å². The molecule has 0 amide bonds. The van der Waals surface area contributed by atoms with Crippen LogP contribution in [0.25, 0.3) is 0 Å². The molecule has 1 aromatic heterocycles. The molecule has 1 heterocycles. The Kier molecular flexibility index (Phi) is 3.01. The number of imidazole rings is 1. The van der Waals surface area contributed by atoms with Crippen molar-refractivity contribution in [2.45, 2.75) is 25.6 Å². The molecule has 0 N–H and O–H groups in total. The number of hydrogen-bond donors (Lipinski definition) is 1. The lowest BCUT2D eigenvalue weighted by atomic mass is 10.4. The van der Waals surface area contributed by atoms with E-state index in [4.69, 9.17) is 0 Å². The molecule has 0 aromatic carbocycles. The second-order valence-electron chi connectivity index (χ2n) is 2.66. The average Bonchev–Trinajstić information content (AvgIpc) is 2.30. The Bertz CT molecular complexity index is 245. The quantitative estimate of drug-likeness (QED) is 0.780. The Morgan fingerprint density at radius 1 is 1.73 bits per heavy atom. The Labute approximate surface area is 80.6 Å². The van der Waals surface area contributed by atoms with Crippen LogP contribution in [0.15, 0.2) is 10.9 Å². The topological polar surface area (TPSA) is 17.8 Å². The molecular formula is C7H11BrN2S. The first-order valence-electron chi connectivity index (χ1n) is 3.49. The molecule has 0 aliphatic rings. The number of aromatic nitrogens is 2. The predicted molar refractivity (Wildman–Crippen MR) is 53.0 cm³/mol. The van der Waals surface area contributed by atoms with Gasteiger partial charge in [0.1, 0.15) is 0 Å². The van der Waals surface area contributed by atoms with Crippen molar-refractivity contribution >= 4 is 28.6 Å². The second kappa shape index (κ2) is 3.63. The minimum Gasteiger partial charge on any atom is -0.323 e. The maximum Gasteiger partial charge on any atom is 0.177 e. The molecule has 0 spiro atoms. The van der Waals surface area contributed by atoms with Gasteiger partial charge in [-0.15, -0.1) is 0 Å². The summed E-state index contributed by atoms with van der Waals surface area (Å²) >= 11 is 7.52. The van der Waals surface area contributed by atoms with E-state index in [0.29, 0.717) is 11.8 Å². The summed E-state index contributed by atoms with van der Waals surface area (Å²) in [6.45, 7) is 4.24. The summed E-state index contributed by atoms with van der Waals surface area (Å²) in [7, 11) is 0. The normalized spacial score (nSPS) is 11.0. The summed E-state index contributed by atoms with van der Waals surface area (Å²) in [6.07, 6.45) is 2.02. The fourth-order valence-electron chi connectivity index (χ4n) is 0.857. The summed E-state index contributed by atoms with van der Waals surface area (Å²) < 4.78 is 2.96. The number of halogens is 1. The molecule has 1 rings (SSSR count). The van der Waals surface area contributed by atoms with E-state index in [-0.39, 0.29) is 0 Å². The molecule has 4 heteroatoms. The van der Waals surface area contributed by atoms with Crippen LogP contribution in [0.1, 0.15) is 25.6 Å². The smallest absolute Gasteiger partial charge is 0.177 e. The number of hydrogen-bond acceptors (Lipinski definition) is 2. The zero-order valence-electron chi connectivity index (χ0n) is 6.58. The highest BCUT2D eigenvalue weighted by molar-refractivity contribution is 9.10. The van der Waals surface area contributed by atoms with Crippen molar-refractivity contribution < 1.29 is 0 Å². The molecule has 0 atom stereocenters. The SMILES string of the molecule is CC(C)n1cc(CS)nc1Br. The van der Waals surface area contributed by atoms with Gasteiger partial charge >= 0.3 is 0 Å².